The Bertz CT molecular complexity index is 922. The molecule has 6 nitrogen and oxygen atoms in total. The van der Waals surface area contributed by atoms with Gasteiger partial charge in [0.15, 0.2) is 0 Å². The van der Waals surface area contributed by atoms with Crippen LogP contribution >= 0.6 is 22.7 Å². The first-order chi connectivity index (χ1) is 13.0. The summed E-state index contributed by atoms with van der Waals surface area (Å²) in [5.74, 6) is 0.234. The first-order valence-electron chi connectivity index (χ1n) is 8.21. The molecule has 27 heavy (non-hydrogen) atoms. The van der Waals surface area contributed by atoms with E-state index in [9.17, 15) is 9.59 Å². The zero-order chi connectivity index (χ0) is 19.2. The van der Waals surface area contributed by atoms with Crippen molar-refractivity contribution in [1.29, 1.82) is 0 Å². The summed E-state index contributed by atoms with van der Waals surface area (Å²) in [4.78, 5) is 31.6. The van der Waals surface area contributed by atoms with Gasteiger partial charge >= 0.3 is 0 Å². The molecule has 2 amide bonds. The Balaban J connectivity index is 1.53. The predicted molar refractivity (Wildman–Crippen MR) is 108 cm³/mol. The number of carbonyl (C=O) groups excluding carboxylic acids is 2. The van der Waals surface area contributed by atoms with Crippen molar-refractivity contribution >= 4 is 40.2 Å². The maximum atomic E-state index is 12.4. The molecule has 2 aromatic heterocycles. The minimum absolute atomic E-state index is 0.0298. The second-order valence-corrected chi connectivity index (χ2v) is 7.63. The van der Waals surface area contributed by atoms with Crippen LogP contribution in [0.1, 0.15) is 5.69 Å². The highest BCUT2D eigenvalue weighted by molar-refractivity contribution is 7.20. The van der Waals surface area contributed by atoms with Crippen molar-refractivity contribution in [3.8, 4) is 15.6 Å². The number of nitrogens with one attached hydrogen (secondary N) is 1. The Morgan fingerprint density at radius 2 is 2.07 bits per heavy atom. The van der Waals surface area contributed by atoms with Crippen LogP contribution in [0.15, 0.2) is 47.2 Å². The highest BCUT2D eigenvalue weighted by Crippen LogP contribution is 2.28. The summed E-state index contributed by atoms with van der Waals surface area (Å²) in [5.41, 5.74) is 1.34. The lowest BCUT2D eigenvalue weighted by molar-refractivity contribution is -0.132. The SMILES string of the molecule is COc1cccc(NC(=O)CN(C)C(=O)Cc2csc(-c3cccs3)n2)c1. The number of ether oxygens (including phenoxy) is 1. The molecule has 0 saturated carbocycles. The third kappa shape index (κ3) is 5.15. The molecular formula is C19H19N3O3S2. The highest BCUT2D eigenvalue weighted by atomic mass is 32.1. The molecular weight excluding hydrogens is 382 g/mol. The van der Waals surface area contributed by atoms with Crippen LogP contribution < -0.4 is 10.1 Å². The Kier molecular flexibility index (Phi) is 6.20. The Hall–Kier alpha value is -2.71. The van der Waals surface area contributed by atoms with E-state index in [-0.39, 0.29) is 24.8 Å². The molecule has 0 aliphatic rings. The molecule has 0 bridgehead atoms. The van der Waals surface area contributed by atoms with Gasteiger partial charge in [-0.25, -0.2) is 4.98 Å². The fraction of sp³-hybridized carbons (Fsp3) is 0.211. The van der Waals surface area contributed by atoms with Crippen LogP contribution in [0.2, 0.25) is 0 Å². The summed E-state index contributed by atoms with van der Waals surface area (Å²) >= 11 is 3.13. The third-order valence-electron chi connectivity index (χ3n) is 3.78. The Morgan fingerprint density at radius 1 is 1.22 bits per heavy atom. The van der Waals surface area contributed by atoms with Gasteiger partial charge in [0.1, 0.15) is 10.8 Å². The molecule has 0 radical (unpaired) electrons. The van der Waals surface area contributed by atoms with Gasteiger partial charge in [-0.3, -0.25) is 9.59 Å². The largest absolute Gasteiger partial charge is 0.497 e. The number of hydrogen-bond donors (Lipinski definition) is 1. The minimum Gasteiger partial charge on any atom is -0.497 e. The predicted octanol–water partition coefficient (Wildman–Crippen LogP) is 3.52. The van der Waals surface area contributed by atoms with Crippen molar-refractivity contribution in [3.63, 3.8) is 0 Å². The lowest BCUT2D eigenvalue weighted by Gasteiger charge is -2.16. The normalized spacial score (nSPS) is 10.4. The van der Waals surface area contributed by atoms with Gasteiger partial charge in [-0.2, -0.15) is 0 Å². The van der Waals surface area contributed by atoms with Gasteiger partial charge in [0.05, 0.1) is 30.6 Å². The van der Waals surface area contributed by atoms with Crippen LogP contribution in [0.5, 0.6) is 5.75 Å². The van der Waals surface area contributed by atoms with Crippen LogP contribution in [-0.4, -0.2) is 42.4 Å². The summed E-state index contributed by atoms with van der Waals surface area (Å²) in [6.07, 6.45) is 0.171. The van der Waals surface area contributed by atoms with Crippen molar-refractivity contribution in [1.82, 2.24) is 9.88 Å². The van der Waals surface area contributed by atoms with Crippen molar-refractivity contribution < 1.29 is 14.3 Å². The number of carbonyl (C=O) groups is 2. The van der Waals surface area contributed by atoms with Gasteiger partial charge < -0.3 is 15.0 Å². The molecule has 0 aliphatic carbocycles. The van der Waals surface area contributed by atoms with E-state index in [2.05, 4.69) is 10.3 Å². The average Bonchev–Trinajstić information content (AvgIpc) is 3.33. The monoisotopic (exact) mass is 401 g/mol. The molecule has 0 spiro atoms. The lowest BCUT2D eigenvalue weighted by Crippen LogP contribution is -2.35. The van der Waals surface area contributed by atoms with Gasteiger partial charge in [0, 0.05) is 24.2 Å². The Labute approximate surface area is 165 Å². The number of thiophene rings is 1. The van der Waals surface area contributed by atoms with E-state index in [1.54, 1.807) is 49.8 Å². The quantitative estimate of drug-likeness (QED) is 0.658. The number of amides is 2. The number of thiazole rings is 1. The van der Waals surface area contributed by atoms with Crippen molar-refractivity contribution in [2.24, 2.45) is 0 Å². The van der Waals surface area contributed by atoms with E-state index in [1.165, 1.54) is 16.2 Å². The van der Waals surface area contributed by atoms with Gasteiger partial charge in [-0.05, 0) is 23.6 Å². The van der Waals surface area contributed by atoms with Crippen molar-refractivity contribution in [2.45, 2.75) is 6.42 Å². The smallest absolute Gasteiger partial charge is 0.243 e. The number of nitrogens with zero attached hydrogens (tertiary/aromatic N) is 2. The van der Waals surface area contributed by atoms with E-state index in [1.807, 2.05) is 22.9 Å². The van der Waals surface area contributed by atoms with E-state index in [0.29, 0.717) is 17.1 Å². The summed E-state index contributed by atoms with van der Waals surface area (Å²) in [6.45, 7) is -0.0298. The van der Waals surface area contributed by atoms with E-state index < -0.39 is 0 Å². The van der Waals surface area contributed by atoms with E-state index in [0.717, 1.165) is 9.88 Å². The number of anilines is 1. The second-order valence-electron chi connectivity index (χ2n) is 5.83. The lowest BCUT2D eigenvalue weighted by atomic mass is 10.3. The molecule has 0 aliphatic heterocycles. The number of benzene rings is 1. The molecule has 0 atom stereocenters. The average molecular weight is 402 g/mol. The standard InChI is InChI=1S/C19H19N3O3S2/c1-22(11-17(23)20-13-5-3-6-15(9-13)25-2)18(24)10-14-12-27-19(21-14)16-7-4-8-26-16/h3-9,12H,10-11H2,1-2H3,(H,20,23). The zero-order valence-electron chi connectivity index (χ0n) is 15.0. The summed E-state index contributed by atoms with van der Waals surface area (Å²) in [7, 11) is 3.18. The van der Waals surface area contributed by atoms with Crippen LogP contribution in [0.25, 0.3) is 9.88 Å². The topological polar surface area (TPSA) is 71.5 Å². The summed E-state index contributed by atoms with van der Waals surface area (Å²) in [5, 5.41) is 7.55. The molecule has 3 rings (SSSR count). The van der Waals surface area contributed by atoms with E-state index in [4.69, 9.17) is 4.74 Å². The fourth-order valence-corrected chi connectivity index (χ4v) is 4.03. The number of likely N-dealkylation sites (N-methyl/N-ethyl adjacent to an activating group) is 1. The molecule has 0 fully saturated rings. The maximum Gasteiger partial charge on any atom is 0.243 e. The molecule has 140 valence electrons. The zero-order valence-corrected chi connectivity index (χ0v) is 16.6. The van der Waals surface area contributed by atoms with E-state index >= 15 is 0 Å². The molecule has 2 heterocycles. The third-order valence-corrected chi connectivity index (χ3v) is 5.71. The summed E-state index contributed by atoms with van der Waals surface area (Å²) < 4.78 is 5.13. The van der Waals surface area contributed by atoms with Gasteiger partial charge in [0.25, 0.3) is 0 Å². The first kappa shape index (κ1) is 19.1. The van der Waals surface area contributed by atoms with Crippen LogP contribution in [0, 0.1) is 0 Å². The molecule has 0 unspecified atom stereocenters. The number of hydrogen-bond acceptors (Lipinski definition) is 6. The second kappa shape index (κ2) is 8.79. The highest BCUT2D eigenvalue weighted by Gasteiger charge is 2.16. The van der Waals surface area contributed by atoms with Gasteiger partial charge in [-0.15, -0.1) is 22.7 Å². The van der Waals surface area contributed by atoms with Crippen LogP contribution in [-0.2, 0) is 16.0 Å². The fourth-order valence-electron chi connectivity index (χ4n) is 2.40. The Morgan fingerprint density at radius 3 is 2.81 bits per heavy atom. The number of methoxy groups -OCH3 is 1. The summed E-state index contributed by atoms with van der Waals surface area (Å²) in [6, 6.07) is 11.1. The number of aromatic nitrogens is 1. The van der Waals surface area contributed by atoms with Crippen LogP contribution in [0.4, 0.5) is 5.69 Å². The number of rotatable bonds is 7. The molecule has 0 saturated heterocycles. The van der Waals surface area contributed by atoms with Crippen LogP contribution in [0.3, 0.4) is 0 Å². The molecule has 1 N–H and O–H groups in total. The van der Waals surface area contributed by atoms with Gasteiger partial charge in [-0.1, -0.05) is 12.1 Å². The van der Waals surface area contributed by atoms with Crippen molar-refractivity contribution in [3.05, 3.63) is 52.9 Å². The molecule has 8 heteroatoms. The van der Waals surface area contributed by atoms with Crippen molar-refractivity contribution in [2.75, 3.05) is 26.0 Å². The maximum absolute atomic E-state index is 12.4. The minimum atomic E-state index is -0.267. The first-order valence-corrected chi connectivity index (χ1v) is 9.97. The molecule has 3 aromatic rings. The van der Waals surface area contributed by atoms with Gasteiger partial charge in [0.2, 0.25) is 11.8 Å². The molecule has 1 aromatic carbocycles.